The van der Waals surface area contributed by atoms with Crippen LogP contribution in [0.5, 0.6) is 5.75 Å². The zero-order chi connectivity index (χ0) is 13.5. The molecule has 0 radical (unpaired) electrons. The van der Waals surface area contributed by atoms with Crippen molar-refractivity contribution in [1.82, 2.24) is 15.2 Å². The van der Waals surface area contributed by atoms with Crippen LogP contribution in [-0.4, -0.2) is 50.2 Å². The van der Waals surface area contributed by atoms with Crippen molar-refractivity contribution in [2.45, 2.75) is 0 Å². The van der Waals surface area contributed by atoms with Gasteiger partial charge < -0.3 is 15.0 Å². The highest BCUT2D eigenvalue weighted by atomic mass is 16.5. The van der Waals surface area contributed by atoms with E-state index in [0.29, 0.717) is 6.61 Å². The lowest BCUT2D eigenvalue weighted by Gasteiger charge is -2.11. The van der Waals surface area contributed by atoms with Gasteiger partial charge in [-0.25, -0.2) is 0 Å². The molecule has 0 atom stereocenters. The van der Waals surface area contributed by atoms with Gasteiger partial charge in [-0.1, -0.05) is 18.2 Å². The van der Waals surface area contributed by atoms with Crippen molar-refractivity contribution in [2.24, 2.45) is 0 Å². The Bertz CT molecular complexity index is 513. The zero-order valence-electron chi connectivity index (χ0n) is 11.6. The van der Waals surface area contributed by atoms with Crippen LogP contribution in [0.25, 0.3) is 10.9 Å². The minimum Gasteiger partial charge on any atom is -0.491 e. The predicted octanol–water partition coefficient (Wildman–Crippen LogP) is 1.76. The summed E-state index contributed by atoms with van der Waals surface area (Å²) in [5.74, 6) is 0.827. The van der Waals surface area contributed by atoms with E-state index in [-0.39, 0.29) is 0 Å². The molecule has 4 heteroatoms. The van der Waals surface area contributed by atoms with Gasteiger partial charge in [0.15, 0.2) is 0 Å². The van der Waals surface area contributed by atoms with Crippen LogP contribution in [0.4, 0.5) is 0 Å². The molecule has 0 fully saturated rings. The number of hydrogen-bond donors (Lipinski definition) is 1. The van der Waals surface area contributed by atoms with E-state index >= 15 is 0 Å². The molecule has 1 N–H and O–H groups in total. The molecule has 0 aliphatic rings. The van der Waals surface area contributed by atoms with Gasteiger partial charge in [-0.3, -0.25) is 4.98 Å². The molecule has 2 aromatic rings. The highest BCUT2D eigenvalue weighted by Gasteiger charge is 1.98. The summed E-state index contributed by atoms with van der Waals surface area (Å²) in [4.78, 5) is 6.52. The van der Waals surface area contributed by atoms with E-state index in [4.69, 9.17) is 4.74 Å². The number of pyridine rings is 1. The predicted molar refractivity (Wildman–Crippen MR) is 78.7 cm³/mol. The second-order valence-corrected chi connectivity index (χ2v) is 4.77. The molecule has 4 nitrogen and oxygen atoms in total. The average Bonchev–Trinajstić information content (AvgIpc) is 2.42. The first-order valence-corrected chi connectivity index (χ1v) is 6.59. The van der Waals surface area contributed by atoms with Crippen molar-refractivity contribution in [3.8, 4) is 5.75 Å². The van der Waals surface area contributed by atoms with E-state index in [1.165, 1.54) is 0 Å². The van der Waals surface area contributed by atoms with Crippen LogP contribution in [0, 0.1) is 0 Å². The Labute approximate surface area is 114 Å². The number of ether oxygens (including phenoxy) is 1. The Morgan fingerprint density at radius 1 is 1.21 bits per heavy atom. The standard InChI is InChI=1S/C15H21N3O/c1-18(2)9-7-16-8-10-19-14-11-13-5-3-4-6-15(13)17-12-14/h3-6,11-12,16H,7-10H2,1-2H3. The topological polar surface area (TPSA) is 37.4 Å². The second kappa shape index (κ2) is 7.07. The fourth-order valence-electron chi connectivity index (χ4n) is 1.80. The molecule has 0 spiro atoms. The molecular weight excluding hydrogens is 238 g/mol. The van der Waals surface area contributed by atoms with Crippen molar-refractivity contribution in [3.05, 3.63) is 36.5 Å². The first kappa shape index (κ1) is 13.8. The zero-order valence-corrected chi connectivity index (χ0v) is 11.6. The molecule has 0 bridgehead atoms. The lowest BCUT2D eigenvalue weighted by Crippen LogP contribution is -2.29. The lowest BCUT2D eigenvalue weighted by molar-refractivity contribution is 0.308. The second-order valence-electron chi connectivity index (χ2n) is 4.77. The van der Waals surface area contributed by atoms with Crippen LogP contribution in [0.1, 0.15) is 0 Å². The van der Waals surface area contributed by atoms with Crippen LogP contribution in [0.2, 0.25) is 0 Å². The minimum atomic E-state index is 0.660. The third kappa shape index (κ3) is 4.50. The molecule has 19 heavy (non-hydrogen) atoms. The van der Waals surface area contributed by atoms with Crippen LogP contribution in [0.15, 0.2) is 36.5 Å². The van der Waals surface area contributed by atoms with Gasteiger partial charge in [0.2, 0.25) is 0 Å². The summed E-state index contributed by atoms with van der Waals surface area (Å²) in [6.07, 6.45) is 1.78. The van der Waals surface area contributed by atoms with Crippen LogP contribution >= 0.6 is 0 Å². The van der Waals surface area contributed by atoms with E-state index in [1.54, 1.807) is 6.20 Å². The van der Waals surface area contributed by atoms with E-state index in [0.717, 1.165) is 36.3 Å². The summed E-state index contributed by atoms with van der Waals surface area (Å²) < 4.78 is 5.68. The average molecular weight is 259 g/mol. The van der Waals surface area contributed by atoms with Crippen molar-refractivity contribution in [2.75, 3.05) is 40.3 Å². The fourth-order valence-corrected chi connectivity index (χ4v) is 1.80. The largest absolute Gasteiger partial charge is 0.491 e. The Morgan fingerprint density at radius 3 is 2.89 bits per heavy atom. The number of rotatable bonds is 7. The highest BCUT2D eigenvalue weighted by molar-refractivity contribution is 5.79. The smallest absolute Gasteiger partial charge is 0.138 e. The number of likely N-dealkylation sites (N-methyl/N-ethyl adjacent to an activating group) is 1. The van der Waals surface area contributed by atoms with E-state index in [9.17, 15) is 0 Å². The molecular formula is C15H21N3O. The van der Waals surface area contributed by atoms with Crippen molar-refractivity contribution in [1.29, 1.82) is 0 Å². The molecule has 1 aromatic heterocycles. The molecule has 1 aromatic carbocycles. The van der Waals surface area contributed by atoms with Crippen molar-refractivity contribution < 1.29 is 4.74 Å². The Kier molecular flexibility index (Phi) is 5.12. The van der Waals surface area contributed by atoms with E-state index < -0.39 is 0 Å². The number of nitrogens with one attached hydrogen (secondary N) is 1. The summed E-state index contributed by atoms with van der Waals surface area (Å²) in [6.45, 7) is 3.53. The summed E-state index contributed by atoms with van der Waals surface area (Å²) >= 11 is 0. The van der Waals surface area contributed by atoms with Gasteiger partial charge in [0.25, 0.3) is 0 Å². The molecule has 0 aliphatic carbocycles. The number of nitrogens with zero attached hydrogens (tertiary/aromatic N) is 2. The Hall–Kier alpha value is -1.65. The molecule has 102 valence electrons. The number of fused-ring (bicyclic) bond motifs is 1. The van der Waals surface area contributed by atoms with Crippen LogP contribution < -0.4 is 10.1 Å². The van der Waals surface area contributed by atoms with Gasteiger partial charge >= 0.3 is 0 Å². The van der Waals surface area contributed by atoms with Gasteiger partial charge in [0.1, 0.15) is 12.4 Å². The summed E-state index contributed by atoms with van der Waals surface area (Å²) in [5.41, 5.74) is 0.999. The molecule has 0 unspecified atom stereocenters. The maximum Gasteiger partial charge on any atom is 0.138 e. The molecule has 0 aliphatic heterocycles. The third-order valence-electron chi connectivity index (χ3n) is 2.85. The molecule has 0 saturated heterocycles. The summed E-state index contributed by atoms with van der Waals surface area (Å²) in [6, 6.07) is 10.1. The van der Waals surface area contributed by atoms with Crippen molar-refractivity contribution in [3.63, 3.8) is 0 Å². The number of para-hydroxylation sites is 1. The Morgan fingerprint density at radius 2 is 2.05 bits per heavy atom. The number of aromatic nitrogens is 1. The summed E-state index contributed by atoms with van der Waals surface area (Å²) in [7, 11) is 4.14. The molecule has 0 amide bonds. The molecule has 2 rings (SSSR count). The maximum atomic E-state index is 5.68. The quantitative estimate of drug-likeness (QED) is 0.769. The summed E-state index contributed by atoms with van der Waals surface area (Å²) in [5, 5.41) is 4.45. The lowest BCUT2D eigenvalue weighted by atomic mass is 10.2. The van der Waals surface area contributed by atoms with Gasteiger partial charge in [0, 0.05) is 25.0 Å². The highest BCUT2D eigenvalue weighted by Crippen LogP contribution is 2.17. The van der Waals surface area contributed by atoms with Gasteiger partial charge in [-0.05, 0) is 26.2 Å². The van der Waals surface area contributed by atoms with Gasteiger partial charge in [-0.15, -0.1) is 0 Å². The van der Waals surface area contributed by atoms with E-state index in [1.807, 2.05) is 30.3 Å². The first-order chi connectivity index (χ1) is 9.25. The van der Waals surface area contributed by atoms with Gasteiger partial charge in [0.05, 0.1) is 11.7 Å². The first-order valence-electron chi connectivity index (χ1n) is 6.59. The monoisotopic (exact) mass is 259 g/mol. The fraction of sp³-hybridized carbons (Fsp3) is 0.400. The molecule has 1 heterocycles. The van der Waals surface area contributed by atoms with Crippen LogP contribution in [-0.2, 0) is 0 Å². The number of benzene rings is 1. The minimum absolute atomic E-state index is 0.660. The number of hydrogen-bond acceptors (Lipinski definition) is 4. The maximum absolute atomic E-state index is 5.68. The Balaban J connectivity index is 1.75. The van der Waals surface area contributed by atoms with Crippen LogP contribution in [0.3, 0.4) is 0 Å². The molecule has 0 saturated carbocycles. The van der Waals surface area contributed by atoms with E-state index in [2.05, 4.69) is 29.3 Å². The SMILES string of the molecule is CN(C)CCNCCOc1cnc2ccccc2c1. The van der Waals surface area contributed by atoms with Crippen molar-refractivity contribution >= 4 is 10.9 Å². The third-order valence-corrected chi connectivity index (χ3v) is 2.85. The van der Waals surface area contributed by atoms with Gasteiger partial charge in [-0.2, -0.15) is 0 Å². The normalized spacial score (nSPS) is 11.1.